The lowest BCUT2D eigenvalue weighted by molar-refractivity contribution is 0.485. The molecule has 0 bridgehead atoms. The molecule has 110 valence electrons. The van der Waals surface area contributed by atoms with E-state index in [2.05, 4.69) is 22.2 Å². The van der Waals surface area contributed by atoms with Crippen molar-refractivity contribution in [1.29, 1.82) is 0 Å². The lowest BCUT2D eigenvalue weighted by atomic mass is 10.0. The van der Waals surface area contributed by atoms with Crippen LogP contribution in [0.3, 0.4) is 0 Å². The van der Waals surface area contributed by atoms with Crippen LogP contribution < -0.4 is 5.32 Å². The van der Waals surface area contributed by atoms with Crippen LogP contribution in [0.15, 0.2) is 36.4 Å². The average Bonchev–Trinajstić information content (AvgIpc) is 3.26. The van der Waals surface area contributed by atoms with Crippen LogP contribution in [-0.2, 0) is 0 Å². The summed E-state index contributed by atoms with van der Waals surface area (Å²) in [7, 11) is 0. The number of hydrogen-bond donors (Lipinski definition) is 1. The first-order chi connectivity index (χ1) is 10.2. The minimum Gasteiger partial charge on any atom is -0.369 e. The highest BCUT2D eigenvalue weighted by Crippen LogP contribution is 2.49. The monoisotopic (exact) mass is 301 g/mol. The number of benzene rings is 1. The second kappa shape index (κ2) is 6.02. The molecule has 0 spiro atoms. The van der Waals surface area contributed by atoms with E-state index in [0.29, 0.717) is 16.4 Å². The minimum absolute atomic E-state index is 0.478. The van der Waals surface area contributed by atoms with Gasteiger partial charge >= 0.3 is 0 Å². The summed E-state index contributed by atoms with van der Waals surface area (Å²) in [5, 5.41) is 3.93. The number of rotatable bonds is 6. The Hall–Kier alpha value is -1.61. The molecular weight excluding hydrogens is 282 g/mol. The van der Waals surface area contributed by atoms with Gasteiger partial charge in [-0.05, 0) is 24.7 Å². The molecule has 1 aromatic carbocycles. The normalized spacial score (nSPS) is 15.7. The van der Waals surface area contributed by atoms with E-state index in [1.54, 1.807) is 6.07 Å². The van der Waals surface area contributed by atoms with Gasteiger partial charge in [-0.2, -0.15) is 0 Å². The van der Waals surface area contributed by atoms with Gasteiger partial charge < -0.3 is 5.32 Å². The summed E-state index contributed by atoms with van der Waals surface area (Å²) in [6, 6.07) is 11.7. The molecule has 3 rings (SSSR count). The summed E-state index contributed by atoms with van der Waals surface area (Å²) in [6.45, 7) is 3.22. The van der Waals surface area contributed by atoms with Crippen LogP contribution in [0.4, 0.5) is 5.82 Å². The molecule has 0 atom stereocenters. The van der Waals surface area contributed by atoms with Crippen molar-refractivity contribution >= 4 is 17.4 Å². The second-order valence-corrected chi connectivity index (χ2v) is 6.26. The van der Waals surface area contributed by atoms with Crippen LogP contribution in [0.25, 0.3) is 11.4 Å². The van der Waals surface area contributed by atoms with E-state index in [1.165, 1.54) is 25.7 Å². The summed E-state index contributed by atoms with van der Waals surface area (Å²) in [4.78, 5) is 8.90. The molecule has 0 saturated heterocycles. The Bertz CT molecular complexity index is 609. The van der Waals surface area contributed by atoms with Crippen LogP contribution in [0, 0.1) is 5.41 Å². The molecule has 1 aliphatic rings. The highest BCUT2D eigenvalue weighted by atomic mass is 35.5. The molecule has 1 heterocycles. The maximum Gasteiger partial charge on any atom is 0.163 e. The largest absolute Gasteiger partial charge is 0.369 e. The molecule has 0 radical (unpaired) electrons. The van der Waals surface area contributed by atoms with E-state index >= 15 is 0 Å². The molecule has 1 aromatic heterocycles. The first-order valence-corrected chi connectivity index (χ1v) is 7.92. The number of hydrogen-bond acceptors (Lipinski definition) is 3. The second-order valence-electron chi connectivity index (χ2n) is 5.87. The van der Waals surface area contributed by atoms with Crippen LogP contribution in [0.1, 0.15) is 32.6 Å². The Morgan fingerprint density at radius 3 is 2.62 bits per heavy atom. The van der Waals surface area contributed by atoms with Crippen molar-refractivity contribution in [2.75, 3.05) is 11.9 Å². The van der Waals surface area contributed by atoms with Crippen LogP contribution >= 0.6 is 11.6 Å². The van der Waals surface area contributed by atoms with Crippen molar-refractivity contribution in [2.24, 2.45) is 5.41 Å². The first kappa shape index (κ1) is 14.3. The predicted molar refractivity (Wildman–Crippen MR) is 87.5 cm³/mol. The number of nitrogens with one attached hydrogen (secondary N) is 1. The molecule has 0 amide bonds. The van der Waals surface area contributed by atoms with Crippen molar-refractivity contribution in [3.05, 3.63) is 41.6 Å². The van der Waals surface area contributed by atoms with E-state index in [0.717, 1.165) is 17.9 Å². The molecule has 0 unspecified atom stereocenters. The Kier molecular flexibility index (Phi) is 4.11. The van der Waals surface area contributed by atoms with E-state index in [9.17, 15) is 0 Å². The van der Waals surface area contributed by atoms with E-state index in [4.69, 9.17) is 11.6 Å². The smallest absolute Gasteiger partial charge is 0.163 e. The van der Waals surface area contributed by atoms with Crippen molar-refractivity contribution in [3.63, 3.8) is 0 Å². The van der Waals surface area contributed by atoms with Gasteiger partial charge in [-0.1, -0.05) is 55.3 Å². The SMILES string of the molecule is CCCC1(CNc2cc(Cl)nc(-c3ccccc3)n2)CC1. The highest BCUT2D eigenvalue weighted by molar-refractivity contribution is 6.29. The van der Waals surface area contributed by atoms with Crippen molar-refractivity contribution < 1.29 is 0 Å². The fraction of sp³-hybridized carbons (Fsp3) is 0.412. The molecule has 1 N–H and O–H groups in total. The summed E-state index contributed by atoms with van der Waals surface area (Å²) in [5.41, 5.74) is 1.47. The van der Waals surface area contributed by atoms with Gasteiger partial charge in [0.1, 0.15) is 11.0 Å². The van der Waals surface area contributed by atoms with Gasteiger partial charge in [0, 0.05) is 18.2 Å². The number of anilines is 1. The topological polar surface area (TPSA) is 37.8 Å². The number of halogens is 1. The fourth-order valence-electron chi connectivity index (χ4n) is 2.72. The summed E-state index contributed by atoms with van der Waals surface area (Å²) in [6.07, 6.45) is 5.15. The molecule has 21 heavy (non-hydrogen) atoms. The van der Waals surface area contributed by atoms with Gasteiger partial charge in [0.2, 0.25) is 0 Å². The van der Waals surface area contributed by atoms with Crippen LogP contribution in [0.5, 0.6) is 0 Å². The Morgan fingerprint density at radius 2 is 1.95 bits per heavy atom. The van der Waals surface area contributed by atoms with Gasteiger partial charge in [0.05, 0.1) is 0 Å². The third-order valence-corrected chi connectivity index (χ3v) is 4.30. The van der Waals surface area contributed by atoms with Crippen molar-refractivity contribution in [2.45, 2.75) is 32.6 Å². The van der Waals surface area contributed by atoms with E-state index in [1.807, 2.05) is 30.3 Å². The first-order valence-electron chi connectivity index (χ1n) is 7.55. The molecular formula is C17H20ClN3. The van der Waals surface area contributed by atoms with Crippen LogP contribution in [0.2, 0.25) is 5.15 Å². The van der Waals surface area contributed by atoms with Gasteiger partial charge in [-0.15, -0.1) is 0 Å². The molecule has 4 heteroatoms. The van der Waals surface area contributed by atoms with Gasteiger partial charge in [-0.25, -0.2) is 9.97 Å². The third kappa shape index (κ3) is 3.53. The quantitative estimate of drug-likeness (QED) is 0.780. The number of aromatic nitrogens is 2. The molecule has 3 nitrogen and oxygen atoms in total. The fourth-order valence-corrected chi connectivity index (χ4v) is 2.91. The zero-order valence-electron chi connectivity index (χ0n) is 12.3. The summed E-state index contributed by atoms with van der Waals surface area (Å²) >= 11 is 6.14. The Morgan fingerprint density at radius 1 is 1.19 bits per heavy atom. The summed E-state index contributed by atoms with van der Waals surface area (Å²) in [5.74, 6) is 1.49. The number of nitrogens with zero attached hydrogens (tertiary/aromatic N) is 2. The standard InChI is InChI=1S/C17H20ClN3/c1-2-8-17(9-10-17)12-19-15-11-14(18)20-16(21-15)13-6-4-3-5-7-13/h3-7,11H,2,8-10,12H2,1H3,(H,19,20,21). The molecule has 0 aliphatic heterocycles. The Balaban J connectivity index is 1.76. The summed E-state index contributed by atoms with van der Waals surface area (Å²) < 4.78 is 0. The van der Waals surface area contributed by atoms with Crippen molar-refractivity contribution in [1.82, 2.24) is 9.97 Å². The molecule has 1 saturated carbocycles. The zero-order chi connectivity index (χ0) is 14.7. The zero-order valence-corrected chi connectivity index (χ0v) is 13.0. The lowest BCUT2D eigenvalue weighted by Gasteiger charge is -2.15. The Labute approximate surface area is 130 Å². The van der Waals surface area contributed by atoms with Gasteiger partial charge in [0.15, 0.2) is 5.82 Å². The van der Waals surface area contributed by atoms with Crippen molar-refractivity contribution in [3.8, 4) is 11.4 Å². The maximum absolute atomic E-state index is 6.14. The maximum atomic E-state index is 6.14. The highest BCUT2D eigenvalue weighted by Gasteiger charge is 2.41. The minimum atomic E-state index is 0.478. The van der Waals surface area contributed by atoms with E-state index < -0.39 is 0 Å². The molecule has 1 fully saturated rings. The third-order valence-electron chi connectivity index (χ3n) is 4.11. The molecule has 1 aliphatic carbocycles. The average molecular weight is 302 g/mol. The lowest BCUT2D eigenvalue weighted by Crippen LogP contribution is -2.16. The predicted octanol–water partition coefficient (Wildman–Crippen LogP) is 4.79. The van der Waals surface area contributed by atoms with Gasteiger partial charge in [0.25, 0.3) is 0 Å². The van der Waals surface area contributed by atoms with Crippen LogP contribution in [-0.4, -0.2) is 16.5 Å². The van der Waals surface area contributed by atoms with E-state index in [-0.39, 0.29) is 0 Å². The molecule has 2 aromatic rings. The van der Waals surface area contributed by atoms with Gasteiger partial charge in [-0.3, -0.25) is 0 Å².